The first-order valence-electron chi connectivity index (χ1n) is 3.60. The van der Waals surface area contributed by atoms with Gasteiger partial charge in [-0.2, -0.15) is 13.2 Å². The molecule has 0 amide bonds. The maximum Gasteiger partial charge on any atom is 0.417 e. The van der Waals surface area contributed by atoms with Gasteiger partial charge in [-0.25, -0.2) is 0 Å². The van der Waals surface area contributed by atoms with Crippen molar-refractivity contribution in [3.8, 4) is 0 Å². The van der Waals surface area contributed by atoms with Gasteiger partial charge in [0.2, 0.25) is 0 Å². The summed E-state index contributed by atoms with van der Waals surface area (Å²) in [6.45, 7) is 3.55. The van der Waals surface area contributed by atoms with Crippen molar-refractivity contribution in [2.24, 2.45) is 0 Å². The van der Waals surface area contributed by atoms with Crippen LogP contribution in [0.2, 0.25) is 5.02 Å². The highest BCUT2D eigenvalue weighted by Gasteiger charge is 2.32. The van der Waals surface area contributed by atoms with Crippen LogP contribution in [0.5, 0.6) is 0 Å². The van der Waals surface area contributed by atoms with E-state index in [9.17, 15) is 13.2 Å². The third-order valence-electron chi connectivity index (χ3n) is 1.63. The van der Waals surface area contributed by atoms with E-state index in [4.69, 9.17) is 11.6 Å². The summed E-state index contributed by atoms with van der Waals surface area (Å²) in [6, 6.07) is 3.64. The van der Waals surface area contributed by atoms with Gasteiger partial charge in [-0.15, -0.1) is 0 Å². The fourth-order valence-corrected chi connectivity index (χ4v) is 1.25. The summed E-state index contributed by atoms with van der Waals surface area (Å²) < 4.78 is 36.6. The molecule has 0 nitrogen and oxygen atoms in total. The molecule has 0 aromatic heterocycles. The van der Waals surface area contributed by atoms with Crippen molar-refractivity contribution < 1.29 is 13.2 Å². The number of hydrogen-bond acceptors (Lipinski definition) is 0. The van der Waals surface area contributed by atoms with Crippen LogP contribution in [0.3, 0.4) is 0 Å². The number of alkyl halides is 3. The number of benzene rings is 1. The van der Waals surface area contributed by atoms with E-state index < -0.39 is 11.7 Å². The Morgan fingerprint density at radius 3 is 2.31 bits per heavy atom. The predicted molar refractivity (Wildman–Crippen MR) is 45.5 cm³/mol. The second-order valence-electron chi connectivity index (χ2n) is 2.56. The SMILES string of the molecule is [CH2]Cc1ccc(C(F)(F)F)c(Cl)c1. The number of hydrogen-bond donors (Lipinski definition) is 0. The van der Waals surface area contributed by atoms with Crippen molar-refractivity contribution in [1.82, 2.24) is 0 Å². The molecule has 0 saturated carbocycles. The summed E-state index contributed by atoms with van der Waals surface area (Å²) in [4.78, 5) is 0. The van der Waals surface area contributed by atoms with Gasteiger partial charge in [0.25, 0.3) is 0 Å². The van der Waals surface area contributed by atoms with Gasteiger partial charge in [0.15, 0.2) is 0 Å². The molecule has 0 bridgehead atoms. The molecule has 0 saturated heterocycles. The number of rotatable bonds is 1. The quantitative estimate of drug-likeness (QED) is 0.658. The summed E-state index contributed by atoms with van der Waals surface area (Å²) in [5, 5.41) is -0.270. The summed E-state index contributed by atoms with van der Waals surface area (Å²) in [6.07, 6.45) is -3.95. The van der Waals surface area contributed by atoms with Crippen LogP contribution in [-0.4, -0.2) is 0 Å². The van der Waals surface area contributed by atoms with Gasteiger partial charge in [0, 0.05) is 0 Å². The monoisotopic (exact) mass is 207 g/mol. The molecule has 0 unspecified atom stereocenters. The van der Waals surface area contributed by atoms with Crippen LogP contribution >= 0.6 is 11.6 Å². The predicted octanol–water partition coefficient (Wildman–Crippen LogP) is 3.74. The average molecular weight is 208 g/mol. The largest absolute Gasteiger partial charge is 0.417 e. The Balaban J connectivity index is 3.13. The van der Waals surface area contributed by atoms with E-state index >= 15 is 0 Å². The lowest BCUT2D eigenvalue weighted by molar-refractivity contribution is -0.137. The molecule has 1 radical (unpaired) electrons. The second kappa shape index (κ2) is 3.58. The van der Waals surface area contributed by atoms with E-state index in [0.717, 1.165) is 6.07 Å². The minimum absolute atomic E-state index is 0.270. The lowest BCUT2D eigenvalue weighted by Crippen LogP contribution is -2.05. The van der Waals surface area contributed by atoms with Gasteiger partial charge in [-0.1, -0.05) is 17.7 Å². The molecule has 0 N–H and O–H groups in total. The van der Waals surface area contributed by atoms with Crippen LogP contribution in [0.4, 0.5) is 13.2 Å². The Hall–Kier alpha value is -0.700. The maximum atomic E-state index is 12.2. The van der Waals surface area contributed by atoms with Gasteiger partial charge >= 0.3 is 6.18 Å². The summed E-state index contributed by atoms with van der Waals surface area (Å²) >= 11 is 5.45. The third-order valence-corrected chi connectivity index (χ3v) is 1.94. The van der Waals surface area contributed by atoms with Crippen LogP contribution in [0, 0.1) is 6.92 Å². The molecular weight excluding hydrogens is 201 g/mol. The highest BCUT2D eigenvalue weighted by Crippen LogP contribution is 2.34. The van der Waals surface area contributed by atoms with Crippen molar-refractivity contribution in [3.05, 3.63) is 41.3 Å². The van der Waals surface area contributed by atoms with Crippen molar-refractivity contribution in [3.63, 3.8) is 0 Å². The zero-order valence-electron chi connectivity index (χ0n) is 6.66. The van der Waals surface area contributed by atoms with E-state index in [2.05, 4.69) is 6.92 Å². The first-order chi connectivity index (χ1) is 5.95. The fourth-order valence-electron chi connectivity index (χ4n) is 0.944. The fraction of sp³-hybridized carbons (Fsp3) is 0.222. The molecule has 0 aliphatic rings. The number of halogens is 4. The lowest BCUT2D eigenvalue weighted by atomic mass is 10.1. The van der Waals surface area contributed by atoms with E-state index in [-0.39, 0.29) is 5.02 Å². The molecule has 0 atom stereocenters. The van der Waals surface area contributed by atoms with E-state index in [1.165, 1.54) is 12.1 Å². The summed E-state index contributed by atoms with van der Waals surface area (Å²) in [5.74, 6) is 0. The molecule has 0 aliphatic carbocycles. The molecule has 4 heteroatoms. The average Bonchev–Trinajstić information content (AvgIpc) is 2.01. The Labute approximate surface area is 79.3 Å². The summed E-state index contributed by atoms with van der Waals surface area (Å²) in [7, 11) is 0. The Morgan fingerprint density at radius 2 is 1.92 bits per heavy atom. The van der Waals surface area contributed by atoms with Crippen LogP contribution in [0.25, 0.3) is 0 Å². The smallest absolute Gasteiger partial charge is 0.166 e. The van der Waals surface area contributed by atoms with E-state index in [0.29, 0.717) is 12.0 Å². The topological polar surface area (TPSA) is 0 Å². The first kappa shape index (κ1) is 10.4. The normalized spacial score (nSPS) is 11.8. The Kier molecular flexibility index (Phi) is 2.86. The molecule has 0 aliphatic heterocycles. The second-order valence-corrected chi connectivity index (χ2v) is 2.97. The highest BCUT2D eigenvalue weighted by molar-refractivity contribution is 6.31. The summed E-state index contributed by atoms with van der Waals surface area (Å²) in [5.41, 5.74) is -0.107. The first-order valence-corrected chi connectivity index (χ1v) is 3.98. The molecular formula is C9H7ClF3. The molecule has 0 heterocycles. The molecule has 1 rings (SSSR count). The van der Waals surface area contributed by atoms with Gasteiger partial charge in [0.1, 0.15) is 0 Å². The van der Waals surface area contributed by atoms with Crippen molar-refractivity contribution in [2.45, 2.75) is 12.6 Å². The van der Waals surface area contributed by atoms with Crippen molar-refractivity contribution >= 4 is 11.6 Å². The van der Waals surface area contributed by atoms with Crippen LogP contribution in [0.15, 0.2) is 18.2 Å². The van der Waals surface area contributed by atoms with Crippen LogP contribution < -0.4 is 0 Å². The molecule has 0 spiro atoms. The zero-order valence-corrected chi connectivity index (χ0v) is 7.41. The molecule has 0 fully saturated rings. The highest BCUT2D eigenvalue weighted by atomic mass is 35.5. The van der Waals surface area contributed by atoms with E-state index in [1.807, 2.05) is 0 Å². The standard InChI is InChI=1S/C9H7ClF3/c1-2-6-3-4-7(8(10)5-6)9(11,12)13/h3-5H,1-2H2. The molecule has 1 aromatic carbocycles. The molecule has 71 valence electrons. The maximum absolute atomic E-state index is 12.2. The zero-order chi connectivity index (χ0) is 10.1. The van der Waals surface area contributed by atoms with Crippen LogP contribution in [-0.2, 0) is 12.6 Å². The third kappa shape index (κ3) is 2.37. The van der Waals surface area contributed by atoms with Gasteiger partial charge in [-0.05, 0) is 31.0 Å². The lowest BCUT2D eigenvalue weighted by Gasteiger charge is -2.09. The van der Waals surface area contributed by atoms with E-state index in [1.54, 1.807) is 0 Å². The molecule has 13 heavy (non-hydrogen) atoms. The Morgan fingerprint density at radius 1 is 1.31 bits per heavy atom. The van der Waals surface area contributed by atoms with Gasteiger partial charge in [0.05, 0.1) is 10.6 Å². The van der Waals surface area contributed by atoms with Crippen molar-refractivity contribution in [2.75, 3.05) is 0 Å². The van der Waals surface area contributed by atoms with Crippen molar-refractivity contribution in [1.29, 1.82) is 0 Å². The van der Waals surface area contributed by atoms with Gasteiger partial charge < -0.3 is 0 Å². The Bertz CT molecular complexity index is 304. The van der Waals surface area contributed by atoms with Gasteiger partial charge in [-0.3, -0.25) is 0 Å². The molecule has 1 aromatic rings. The minimum atomic E-state index is -4.38. The minimum Gasteiger partial charge on any atom is -0.166 e. The van der Waals surface area contributed by atoms with Crippen LogP contribution in [0.1, 0.15) is 11.1 Å².